The van der Waals surface area contributed by atoms with Crippen LogP contribution < -0.4 is 17.0 Å². The maximum Gasteiger partial charge on any atom is 0.241 e. The van der Waals surface area contributed by atoms with Crippen molar-refractivity contribution in [3.63, 3.8) is 0 Å². The predicted molar refractivity (Wildman–Crippen MR) is 81.6 cm³/mol. The molecule has 0 fully saturated rings. The molecule has 0 aliphatic carbocycles. The number of thioether (sulfide) groups is 1. The molecule has 0 aromatic heterocycles. The molecule has 1 rings (SSSR count). The summed E-state index contributed by atoms with van der Waals surface area (Å²) in [4.78, 5) is 11.4. The van der Waals surface area contributed by atoms with Gasteiger partial charge in [0.05, 0.1) is 5.92 Å². The van der Waals surface area contributed by atoms with E-state index < -0.39 is 0 Å². The largest absolute Gasteiger partial charge is 0.330 e. The average Bonchev–Trinajstić information content (AvgIpc) is 2.46. The van der Waals surface area contributed by atoms with Gasteiger partial charge in [0.15, 0.2) is 0 Å². The molecule has 0 aliphatic heterocycles. The van der Waals surface area contributed by atoms with Gasteiger partial charge < -0.3 is 5.73 Å². The molecule has 1 aromatic rings. The molecule has 0 bridgehead atoms. The minimum Gasteiger partial charge on any atom is -0.330 e. The van der Waals surface area contributed by atoms with Crippen LogP contribution in [0.1, 0.15) is 30.9 Å². The number of nitrogens with one attached hydrogen (secondary N) is 1. The van der Waals surface area contributed by atoms with Crippen molar-refractivity contribution >= 4 is 17.7 Å². The predicted octanol–water partition coefficient (Wildman–Crippen LogP) is 1.61. The molecule has 106 valence electrons. The number of hydrogen-bond donors (Lipinski definition) is 3. The molecule has 0 saturated carbocycles. The fraction of sp³-hybridized carbons (Fsp3) is 0.500. The van der Waals surface area contributed by atoms with Crippen LogP contribution in [0.4, 0.5) is 0 Å². The number of hydrazine groups is 1. The zero-order valence-electron chi connectivity index (χ0n) is 11.6. The van der Waals surface area contributed by atoms with E-state index in [1.54, 1.807) is 0 Å². The molecule has 2 unspecified atom stereocenters. The second kappa shape index (κ2) is 8.19. The summed E-state index contributed by atoms with van der Waals surface area (Å²) in [6.07, 6.45) is 0. The second-order valence-corrected chi connectivity index (χ2v) is 5.86. The highest BCUT2D eigenvalue weighted by Gasteiger charge is 2.13. The van der Waals surface area contributed by atoms with Gasteiger partial charge in [0.2, 0.25) is 5.91 Å². The van der Waals surface area contributed by atoms with Crippen LogP contribution in [0.5, 0.6) is 0 Å². The molecule has 2 atom stereocenters. The first-order valence-electron chi connectivity index (χ1n) is 6.45. The van der Waals surface area contributed by atoms with Gasteiger partial charge in [-0.2, -0.15) is 11.8 Å². The number of hydrogen-bond acceptors (Lipinski definition) is 4. The Morgan fingerprint density at radius 3 is 2.47 bits per heavy atom. The number of carbonyl (C=O) groups is 1. The highest BCUT2D eigenvalue weighted by atomic mass is 32.2. The van der Waals surface area contributed by atoms with Gasteiger partial charge in [0, 0.05) is 5.75 Å². The number of benzene rings is 1. The third kappa shape index (κ3) is 5.22. The third-order valence-corrected chi connectivity index (χ3v) is 4.43. The molecule has 0 saturated heterocycles. The Morgan fingerprint density at radius 2 is 1.95 bits per heavy atom. The van der Waals surface area contributed by atoms with Crippen LogP contribution in [-0.2, 0) is 10.5 Å². The highest BCUT2D eigenvalue weighted by molar-refractivity contribution is 7.98. The van der Waals surface area contributed by atoms with Crippen molar-refractivity contribution in [2.75, 3.05) is 12.3 Å². The van der Waals surface area contributed by atoms with Gasteiger partial charge >= 0.3 is 0 Å². The molecule has 0 aliphatic rings. The zero-order valence-corrected chi connectivity index (χ0v) is 12.4. The normalized spacial score (nSPS) is 13.9. The van der Waals surface area contributed by atoms with Crippen molar-refractivity contribution in [1.82, 2.24) is 5.43 Å². The van der Waals surface area contributed by atoms with E-state index >= 15 is 0 Å². The molecule has 0 radical (unpaired) electrons. The van der Waals surface area contributed by atoms with Crippen molar-refractivity contribution in [3.8, 4) is 0 Å². The van der Waals surface area contributed by atoms with Gasteiger partial charge in [-0.1, -0.05) is 31.2 Å². The van der Waals surface area contributed by atoms with Crippen molar-refractivity contribution in [2.24, 2.45) is 17.5 Å². The first-order chi connectivity index (χ1) is 9.08. The van der Waals surface area contributed by atoms with E-state index in [4.69, 9.17) is 11.6 Å². The molecule has 5 N–H and O–H groups in total. The highest BCUT2D eigenvalue weighted by Crippen LogP contribution is 2.19. The minimum atomic E-state index is -0.219. The van der Waals surface area contributed by atoms with Crippen LogP contribution in [0.15, 0.2) is 24.3 Å². The number of carbonyl (C=O) groups excluding carboxylic acids is 1. The standard InChI is InChI=1S/C14H23N3OS/c1-10(7-15)8-19-9-12-3-5-13(6-4-12)11(2)14(18)17-16/h3-6,10-11H,7-9,15-16H2,1-2H3,(H,17,18). The quantitative estimate of drug-likeness (QED) is 0.403. The molecule has 1 amide bonds. The van der Waals surface area contributed by atoms with Crippen molar-refractivity contribution < 1.29 is 4.79 Å². The first kappa shape index (κ1) is 16.0. The van der Waals surface area contributed by atoms with Gasteiger partial charge in [-0.05, 0) is 36.3 Å². The summed E-state index contributed by atoms with van der Waals surface area (Å²) in [5.41, 5.74) is 10.0. The van der Waals surface area contributed by atoms with Crippen LogP contribution in [0.25, 0.3) is 0 Å². The number of rotatable bonds is 7. The van der Waals surface area contributed by atoms with E-state index in [0.29, 0.717) is 5.92 Å². The summed E-state index contributed by atoms with van der Waals surface area (Å²) < 4.78 is 0. The second-order valence-electron chi connectivity index (χ2n) is 4.83. The Balaban J connectivity index is 2.50. The molecule has 0 spiro atoms. The van der Waals surface area contributed by atoms with Gasteiger partial charge in [-0.15, -0.1) is 0 Å². The Bertz CT molecular complexity index is 394. The minimum absolute atomic E-state index is 0.168. The molecule has 0 heterocycles. The van der Waals surface area contributed by atoms with E-state index in [9.17, 15) is 4.79 Å². The summed E-state index contributed by atoms with van der Waals surface area (Å²) >= 11 is 1.88. The molecular formula is C14H23N3OS. The Hall–Kier alpha value is -1.04. The van der Waals surface area contributed by atoms with Crippen LogP contribution >= 0.6 is 11.8 Å². The van der Waals surface area contributed by atoms with Gasteiger partial charge in [0.1, 0.15) is 0 Å². The van der Waals surface area contributed by atoms with Gasteiger partial charge in [0.25, 0.3) is 0 Å². The van der Waals surface area contributed by atoms with E-state index in [-0.39, 0.29) is 11.8 Å². The van der Waals surface area contributed by atoms with E-state index in [1.807, 2.05) is 30.8 Å². The lowest BCUT2D eigenvalue weighted by molar-refractivity contribution is -0.122. The third-order valence-electron chi connectivity index (χ3n) is 3.09. The average molecular weight is 281 g/mol. The van der Waals surface area contributed by atoms with Gasteiger partial charge in [-0.3, -0.25) is 10.2 Å². The number of nitrogens with two attached hydrogens (primary N) is 2. The Labute approximate surface area is 119 Å². The summed E-state index contributed by atoms with van der Waals surface area (Å²) in [5, 5.41) is 0. The summed E-state index contributed by atoms with van der Waals surface area (Å²) in [5.74, 6) is 7.35. The first-order valence-corrected chi connectivity index (χ1v) is 7.61. The topological polar surface area (TPSA) is 81.1 Å². The smallest absolute Gasteiger partial charge is 0.241 e. The zero-order chi connectivity index (χ0) is 14.3. The molecular weight excluding hydrogens is 258 g/mol. The molecule has 5 heteroatoms. The van der Waals surface area contributed by atoms with Crippen LogP contribution in [-0.4, -0.2) is 18.2 Å². The Morgan fingerprint density at radius 1 is 1.32 bits per heavy atom. The fourth-order valence-corrected chi connectivity index (χ4v) is 2.71. The summed E-state index contributed by atoms with van der Waals surface area (Å²) in [7, 11) is 0. The van der Waals surface area contributed by atoms with Crippen LogP contribution in [0.3, 0.4) is 0 Å². The lowest BCUT2D eigenvalue weighted by Crippen LogP contribution is -2.33. The molecule has 1 aromatic carbocycles. The van der Waals surface area contributed by atoms with Crippen LogP contribution in [0.2, 0.25) is 0 Å². The van der Waals surface area contributed by atoms with E-state index in [2.05, 4.69) is 24.5 Å². The fourth-order valence-electron chi connectivity index (χ4n) is 1.62. The molecule has 19 heavy (non-hydrogen) atoms. The lowest BCUT2D eigenvalue weighted by Gasteiger charge is -2.11. The maximum atomic E-state index is 11.4. The number of amides is 1. The monoisotopic (exact) mass is 281 g/mol. The molecule has 4 nitrogen and oxygen atoms in total. The summed E-state index contributed by atoms with van der Waals surface area (Å²) in [6, 6.07) is 8.11. The van der Waals surface area contributed by atoms with E-state index in [0.717, 1.165) is 23.6 Å². The van der Waals surface area contributed by atoms with Crippen molar-refractivity contribution in [1.29, 1.82) is 0 Å². The SMILES string of the molecule is CC(CN)CSCc1ccc(C(C)C(=O)NN)cc1. The summed E-state index contributed by atoms with van der Waals surface area (Å²) in [6.45, 7) is 4.73. The lowest BCUT2D eigenvalue weighted by atomic mass is 9.99. The Kier molecular flexibility index (Phi) is 6.91. The van der Waals surface area contributed by atoms with Gasteiger partial charge in [-0.25, -0.2) is 5.84 Å². The van der Waals surface area contributed by atoms with E-state index in [1.165, 1.54) is 5.56 Å². The van der Waals surface area contributed by atoms with Crippen LogP contribution in [0, 0.1) is 5.92 Å². The van der Waals surface area contributed by atoms with Crippen molar-refractivity contribution in [3.05, 3.63) is 35.4 Å². The van der Waals surface area contributed by atoms with Crippen molar-refractivity contribution in [2.45, 2.75) is 25.5 Å². The maximum absolute atomic E-state index is 11.4.